The zero-order valence-corrected chi connectivity index (χ0v) is 17.3. The molecule has 0 unspecified atom stereocenters. The van der Waals surface area contributed by atoms with Gasteiger partial charge in [-0.15, -0.1) is 11.3 Å². The molecule has 9 heteroatoms. The van der Waals surface area contributed by atoms with Gasteiger partial charge in [0.25, 0.3) is 5.91 Å². The molecule has 0 radical (unpaired) electrons. The lowest BCUT2D eigenvalue weighted by molar-refractivity contribution is 0.0786. The van der Waals surface area contributed by atoms with Gasteiger partial charge in [0.1, 0.15) is 10.7 Å². The van der Waals surface area contributed by atoms with E-state index in [-0.39, 0.29) is 11.5 Å². The Morgan fingerprint density at radius 1 is 1.31 bits per heavy atom. The monoisotopic (exact) mass is 460 g/mol. The van der Waals surface area contributed by atoms with Gasteiger partial charge < -0.3 is 4.90 Å². The van der Waals surface area contributed by atoms with Crippen LogP contribution in [0.25, 0.3) is 0 Å². The van der Waals surface area contributed by atoms with Crippen LogP contribution in [0.1, 0.15) is 28.1 Å². The zero-order valence-electron chi connectivity index (χ0n) is 14.1. The molecule has 1 aliphatic heterocycles. The first-order valence-electron chi connectivity index (χ1n) is 8.07. The summed E-state index contributed by atoms with van der Waals surface area (Å²) < 4.78 is 41.7. The van der Waals surface area contributed by atoms with E-state index in [1.165, 1.54) is 26.6 Å². The lowest BCUT2D eigenvalue weighted by Gasteiger charge is -2.19. The van der Waals surface area contributed by atoms with Gasteiger partial charge in [-0.1, -0.05) is 0 Å². The minimum Gasteiger partial charge on any atom is -0.337 e. The summed E-state index contributed by atoms with van der Waals surface area (Å²) in [4.78, 5) is 14.7. The number of carbonyl (C=O) groups excluding carboxylic acids is 1. The van der Waals surface area contributed by atoms with E-state index in [0.29, 0.717) is 19.6 Å². The van der Waals surface area contributed by atoms with E-state index in [4.69, 9.17) is 0 Å². The number of hydrogen-bond acceptors (Lipinski definition) is 4. The third kappa shape index (κ3) is 4.00. The highest BCUT2D eigenvalue weighted by atomic mass is 79.9. The number of amides is 1. The fourth-order valence-corrected chi connectivity index (χ4v) is 5.98. The Bertz CT molecular complexity index is 924. The molecule has 26 heavy (non-hydrogen) atoms. The summed E-state index contributed by atoms with van der Waals surface area (Å²) in [7, 11) is -2.29. The Hall–Kier alpha value is -1.29. The van der Waals surface area contributed by atoms with Gasteiger partial charge in [-0.2, -0.15) is 4.31 Å². The number of sulfonamides is 1. The van der Waals surface area contributed by atoms with Gasteiger partial charge in [0, 0.05) is 40.4 Å². The van der Waals surface area contributed by atoms with Gasteiger partial charge in [0.05, 0.1) is 6.54 Å². The maximum atomic E-state index is 14.2. The molecule has 1 amide bonds. The topological polar surface area (TPSA) is 57.7 Å². The number of halogens is 2. The van der Waals surface area contributed by atoms with E-state index in [1.807, 2.05) is 11.4 Å². The summed E-state index contributed by atoms with van der Waals surface area (Å²) in [6.45, 7) is 1.15. The Kier molecular flexibility index (Phi) is 5.81. The number of benzene rings is 1. The normalized spacial score (nSPS) is 15.3. The highest BCUT2D eigenvalue weighted by Crippen LogP contribution is 2.25. The van der Waals surface area contributed by atoms with E-state index in [2.05, 4.69) is 15.9 Å². The predicted octanol–water partition coefficient (Wildman–Crippen LogP) is 3.71. The van der Waals surface area contributed by atoms with Crippen molar-refractivity contribution in [1.29, 1.82) is 0 Å². The van der Waals surface area contributed by atoms with Crippen molar-refractivity contribution in [3.8, 4) is 0 Å². The third-order valence-electron chi connectivity index (χ3n) is 4.22. The Labute approximate surface area is 164 Å². The maximum Gasteiger partial charge on any atom is 0.253 e. The van der Waals surface area contributed by atoms with Gasteiger partial charge in [-0.05, 0) is 53.0 Å². The van der Waals surface area contributed by atoms with Crippen molar-refractivity contribution in [2.75, 3.05) is 20.1 Å². The highest BCUT2D eigenvalue weighted by Gasteiger charge is 2.30. The molecule has 1 saturated heterocycles. The third-order valence-corrected chi connectivity index (χ3v) is 7.82. The van der Waals surface area contributed by atoms with Crippen LogP contribution >= 0.6 is 27.3 Å². The maximum absolute atomic E-state index is 14.2. The van der Waals surface area contributed by atoms with E-state index < -0.39 is 20.7 Å². The van der Waals surface area contributed by atoms with Gasteiger partial charge >= 0.3 is 0 Å². The second-order valence-corrected chi connectivity index (χ2v) is 9.97. The van der Waals surface area contributed by atoms with Crippen LogP contribution in [0.15, 0.2) is 39.0 Å². The highest BCUT2D eigenvalue weighted by molar-refractivity contribution is 9.10. The van der Waals surface area contributed by atoms with Crippen molar-refractivity contribution in [2.45, 2.75) is 24.3 Å². The molecule has 3 rings (SSSR count). The Morgan fingerprint density at radius 3 is 2.62 bits per heavy atom. The minimum atomic E-state index is -3.92. The summed E-state index contributed by atoms with van der Waals surface area (Å²) in [5.41, 5.74) is 0.155. The number of nitrogens with zero attached hydrogens (tertiary/aromatic N) is 2. The van der Waals surface area contributed by atoms with Crippen LogP contribution < -0.4 is 0 Å². The van der Waals surface area contributed by atoms with Crippen molar-refractivity contribution in [3.05, 3.63) is 50.4 Å². The molecule has 0 atom stereocenters. The first-order valence-corrected chi connectivity index (χ1v) is 11.2. The Balaban J connectivity index is 1.85. The quantitative estimate of drug-likeness (QED) is 0.683. The first-order chi connectivity index (χ1) is 12.3. The van der Waals surface area contributed by atoms with Crippen LogP contribution in [0.2, 0.25) is 0 Å². The van der Waals surface area contributed by atoms with Crippen LogP contribution in [0.4, 0.5) is 4.39 Å². The largest absolute Gasteiger partial charge is 0.337 e. The van der Waals surface area contributed by atoms with Crippen LogP contribution in [0.3, 0.4) is 0 Å². The van der Waals surface area contributed by atoms with Crippen LogP contribution in [-0.2, 0) is 16.6 Å². The second-order valence-electron chi connectivity index (χ2n) is 6.15. The van der Waals surface area contributed by atoms with Gasteiger partial charge in [0.15, 0.2) is 0 Å². The van der Waals surface area contributed by atoms with Crippen LogP contribution in [0.5, 0.6) is 0 Å². The molecule has 1 aromatic heterocycles. The number of thiophene rings is 1. The summed E-state index contributed by atoms with van der Waals surface area (Å²) in [5, 5.41) is 1.92. The van der Waals surface area contributed by atoms with E-state index in [9.17, 15) is 17.6 Å². The smallest absolute Gasteiger partial charge is 0.253 e. The number of hydrogen-bond donors (Lipinski definition) is 0. The van der Waals surface area contributed by atoms with Crippen molar-refractivity contribution in [3.63, 3.8) is 0 Å². The fourth-order valence-electron chi connectivity index (χ4n) is 2.86. The van der Waals surface area contributed by atoms with Crippen molar-refractivity contribution in [2.24, 2.45) is 0 Å². The zero-order chi connectivity index (χ0) is 18.9. The molecule has 0 saturated carbocycles. The molecule has 2 aromatic rings. The van der Waals surface area contributed by atoms with E-state index in [0.717, 1.165) is 34.3 Å². The molecular formula is C17H18BrFN2O3S2. The fraction of sp³-hybridized carbons (Fsp3) is 0.353. The summed E-state index contributed by atoms with van der Waals surface area (Å²) in [6.07, 6.45) is 1.52. The molecule has 5 nitrogen and oxygen atoms in total. The summed E-state index contributed by atoms with van der Waals surface area (Å²) in [5.74, 6) is -1.19. The van der Waals surface area contributed by atoms with E-state index in [1.54, 1.807) is 7.05 Å². The molecule has 2 heterocycles. The van der Waals surface area contributed by atoms with Crippen molar-refractivity contribution < 1.29 is 17.6 Å². The minimum absolute atomic E-state index is 0.155. The van der Waals surface area contributed by atoms with Crippen LogP contribution in [-0.4, -0.2) is 43.7 Å². The van der Waals surface area contributed by atoms with Gasteiger partial charge in [-0.25, -0.2) is 12.8 Å². The lowest BCUT2D eigenvalue weighted by atomic mass is 10.2. The molecule has 0 N–H and O–H groups in total. The van der Waals surface area contributed by atoms with Crippen molar-refractivity contribution >= 4 is 43.2 Å². The van der Waals surface area contributed by atoms with Gasteiger partial charge in [0.2, 0.25) is 10.0 Å². The lowest BCUT2D eigenvalue weighted by Crippen LogP contribution is -2.30. The molecular weight excluding hydrogens is 443 g/mol. The molecule has 1 aliphatic rings. The average molecular weight is 461 g/mol. The standard InChI is InChI=1S/C17H18BrFN2O3S2/c1-20(10-14-9-13(18)11-25-14)17(22)12-4-5-15(19)16(8-12)26(23,24)21-6-2-3-7-21/h4-5,8-9,11H,2-3,6-7,10H2,1H3. The molecule has 0 aliphatic carbocycles. The second kappa shape index (κ2) is 7.75. The number of rotatable bonds is 5. The molecule has 0 spiro atoms. The van der Waals surface area contributed by atoms with E-state index >= 15 is 0 Å². The van der Waals surface area contributed by atoms with Crippen LogP contribution in [0, 0.1) is 5.82 Å². The molecule has 1 aromatic carbocycles. The van der Waals surface area contributed by atoms with Gasteiger partial charge in [-0.3, -0.25) is 4.79 Å². The van der Waals surface area contributed by atoms with Crippen molar-refractivity contribution in [1.82, 2.24) is 9.21 Å². The summed E-state index contributed by atoms with van der Waals surface area (Å²) >= 11 is 4.88. The predicted molar refractivity (Wildman–Crippen MR) is 102 cm³/mol. The first kappa shape index (κ1) is 19.5. The summed E-state index contributed by atoms with van der Waals surface area (Å²) in [6, 6.07) is 5.43. The Morgan fingerprint density at radius 2 is 2.00 bits per heavy atom. The molecule has 1 fully saturated rings. The average Bonchev–Trinajstić information content (AvgIpc) is 3.26. The number of carbonyl (C=O) groups is 1. The molecule has 140 valence electrons. The SMILES string of the molecule is CN(Cc1cc(Br)cs1)C(=O)c1ccc(F)c(S(=O)(=O)N2CCCC2)c1. The molecule has 0 bridgehead atoms.